The molecule has 0 spiro atoms. The molecule has 2 N–H and O–H groups in total. The van der Waals surface area contributed by atoms with Gasteiger partial charge in [0.05, 0.1) is 6.54 Å². The van der Waals surface area contributed by atoms with Gasteiger partial charge < -0.3 is 19.9 Å². The fourth-order valence-corrected chi connectivity index (χ4v) is 5.49. The van der Waals surface area contributed by atoms with Crippen molar-refractivity contribution in [2.45, 2.75) is 31.4 Å². The van der Waals surface area contributed by atoms with Crippen molar-refractivity contribution in [1.29, 1.82) is 0 Å². The molecule has 2 aromatic rings. The summed E-state index contributed by atoms with van der Waals surface area (Å²) in [6.45, 7) is 1.47. The zero-order valence-electron chi connectivity index (χ0n) is 15.7. The molecule has 11 heteroatoms. The van der Waals surface area contributed by atoms with Gasteiger partial charge in [-0.3, -0.25) is 18.6 Å². The fourth-order valence-electron chi connectivity index (χ4n) is 3.75. The molecule has 4 rings (SSSR count). The third-order valence-corrected chi connectivity index (χ3v) is 7.03. The van der Waals surface area contributed by atoms with E-state index in [0.717, 1.165) is 18.3 Å². The summed E-state index contributed by atoms with van der Waals surface area (Å²) in [4.78, 5) is 39.2. The van der Waals surface area contributed by atoms with Gasteiger partial charge in [-0.05, 0) is 13.0 Å². The predicted octanol–water partition coefficient (Wildman–Crippen LogP) is 0.695. The van der Waals surface area contributed by atoms with Gasteiger partial charge >= 0.3 is 0 Å². The van der Waals surface area contributed by atoms with Crippen molar-refractivity contribution in [3.8, 4) is 5.75 Å². The highest BCUT2D eigenvalue weighted by atomic mass is 32.2. The van der Waals surface area contributed by atoms with E-state index in [1.54, 1.807) is 6.92 Å². The predicted molar refractivity (Wildman–Crippen MR) is 102 cm³/mol. The van der Waals surface area contributed by atoms with Crippen LogP contribution in [0.2, 0.25) is 0 Å². The normalized spacial score (nSPS) is 22.6. The molecule has 1 aromatic heterocycles. The van der Waals surface area contributed by atoms with E-state index in [2.05, 4.69) is 5.32 Å². The molecule has 2 aliphatic rings. The smallest absolute Gasteiger partial charge is 0.275 e. The molecule has 30 heavy (non-hydrogen) atoms. The number of pyridine rings is 1. The molecule has 0 bridgehead atoms. The molecular weight excluding hydrogens is 420 g/mol. The molecule has 0 aliphatic carbocycles. The van der Waals surface area contributed by atoms with Gasteiger partial charge in [0.15, 0.2) is 11.4 Å². The first kappa shape index (κ1) is 20.2. The first-order chi connectivity index (χ1) is 14.2. The fraction of sp³-hybridized carbons (Fsp3) is 0.316. The van der Waals surface area contributed by atoms with E-state index in [4.69, 9.17) is 0 Å². The minimum Gasteiger partial charge on any atom is -0.503 e. The number of aromatic nitrogens is 1. The maximum Gasteiger partial charge on any atom is 0.275 e. The van der Waals surface area contributed by atoms with Gasteiger partial charge in [0.25, 0.3) is 11.8 Å². The summed E-state index contributed by atoms with van der Waals surface area (Å²) in [5.74, 6) is -3.73. The minimum absolute atomic E-state index is 0.00759. The third-order valence-electron chi connectivity index (χ3n) is 5.24. The number of nitrogens with one attached hydrogen (secondary N) is 1. The number of hydrogen-bond acceptors (Lipinski definition) is 5. The quantitative estimate of drug-likeness (QED) is 0.735. The molecule has 1 fully saturated rings. The maximum atomic E-state index is 13.7. The van der Waals surface area contributed by atoms with Gasteiger partial charge in [-0.25, -0.2) is 8.78 Å². The largest absolute Gasteiger partial charge is 0.503 e. The van der Waals surface area contributed by atoms with E-state index in [-0.39, 0.29) is 36.1 Å². The second-order valence-corrected chi connectivity index (χ2v) is 8.84. The van der Waals surface area contributed by atoms with Gasteiger partial charge in [0, 0.05) is 47.0 Å². The van der Waals surface area contributed by atoms with Crippen molar-refractivity contribution in [1.82, 2.24) is 14.8 Å². The van der Waals surface area contributed by atoms with Crippen molar-refractivity contribution < 1.29 is 27.7 Å². The zero-order valence-corrected chi connectivity index (χ0v) is 16.5. The molecule has 3 atom stereocenters. The third kappa shape index (κ3) is 3.18. The van der Waals surface area contributed by atoms with E-state index in [1.165, 1.54) is 9.47 Å². The number of carbonyl (C=O) groups excluding carboxylic acids is 2. The summed E-state index contributed by atoms with van der Waals surface area (Å²) >= 11 is 0. The molecule has 2 amide bonds. The van der Waals surface area contributed by atoms with Gasteiger partial charge in [0.1, 0.15) is 22.6 Å². The number of nitrogens with zero attached hydrogens (tertiary/aromatic N) is 2. The van der Waals surface area contributed by atoms with Crippen LogP contribution in [-0.2, 0) is 23.9 Å². The average molecular weight is 437 g/mol. The summed E-state index contributed by atoms with van der Waals surface area (Å²) in [7, 11) is -1.31. The lowest BCUT2D eigenvalue weighted by atomic mass is 10.1. The number of halogens is 2. The van der Waals surface area contributed by atoms with E-state index >= 15 is 0 Å². The highest BCUT2D eigenvalue weighted by molar-refractivity contribution is 7.85. The number of amides is 2. The monoisotopic (exact) mass is 437 g/mol. The number of carbonyl (C=O) groups is 2. The minimum atomic E-state index is -1.31. The number of aromatic hydroxyl groups is 1. The Morgan fingerprint density at radius 2 is 2.07 bits per heavy atom. The summed E-state index contributed by atoms with van der Waals surface area (Å²) in [5.41, 5.74) is -1.74. The van der Waals surface area contributed by atoms with Gasteiger partial charge in [-0.1, -0.05) is 6.07 Å². The van der Waals surface area contributed by atoms with Crippen LogP contribution in [0.5, 0.6) is 5.75 Å². The highest BCUT2D eigenvalue weighted by Gasteiger charge is 2.45. The second kappa shape index (κ2) is 7.31. The van der Waals surface area contributed by atoms with Gasteiger partial charge in [-0.2, -0.15) is 0 Å². The lowest BCUT2D eigenvalue weighted by Crippen LogP contribution is -2.49. The number of hydrogen-bond donors (Lipinski definition) is 2. The molecule has 2 aliphatic heterocycles. The van der Waals surface area contributed by atoms with Crippen LogP contribution in [0.15, 0.2) is 29.2 Å². The molecular formula is C19H17F2N3O5S. The van der Waals surface area contributed by atoms with E-state index in [1.807, 2.05) is 0 Å². The summed E-state index contributed by atoms with van der Waals surface area (Å²) < 4.78 is 40.3. The Hall–Kier alpha value is -3.08. The lowest BCUT2D eigenvalue weighted by Gasteiger charge is -2.34. The van der Waals surface area contributed by atoms with Crippen molar-refractivity contribution in [2.24, 2.45) is 0 Å². The van der Waals surface area contributed by atoms with Crippen molar-refractivity contribution in [3.63, 3.8) is 0 Å². The molecule has 1 aromatic carbocycles. The molecule has 3 heterocycles. The van der Waals surface area contributed by atoms with Crippen LogP contribution in [0, 0.1) is 11.6 Å². The van der Waals surface area contributed by atoms with Crippen LogP contribution >= 0.6 is 0 Å². The Kier molecular flexibility index (Phi) is 4.92. The summed E-state index contributed by atoms with van der Waals surface area (Å²) in [6.07, 6.45) is 1.13. The van der Waals surface area contributed by atoms with Gasteiger partial charge in [-0.15, -0.1) is 0 Å². The molecule has 0 radical (unpaired) electrons. The van der Waals surface area contributed by atoms with Crippen molar-refractivity contribution in [3.05, 3.63) is 63.1 Å². The average Bonchev–Trinajstić information content (AvgIpc) is 2.97. The van der Waals surface area contributed by atoms with E-state index in [0.29, 0.717) is 6.07 Å². The highest BCUT2D eigenvalue weighted by Crippen LogP contribution is 2.31. The Bertz CT molecular complexity index is 1170. The van der Waals surface area contributed by atoms with Crippen molar-refractivity contribution >= 4 is 22.6 Å². The lowest BCUT2D eigenvalue weighted by molar-refractivity contribution is 0.0632. The summed E-state index contributed by atoms with van der Waals surface area (Å²) in [6, 6.07) is 2.55. The molecule has 158 valence electrons. The van der Waals surface area contributed by atoms with Gasteiger partial charge in [0.2, 0.25) is 5.43 Å². The Morgan fingerprint density at radius 3 is 2.77 bits per heavy atom. The van der Waals surface area contributed by atoms with Crippen LogP contribution in [-0.4, -0.2) is 47.8 Å². The molecule has 1 saturated heterocycles. The van der Waals surface area contributed by atoms with Crippen LogP contribution in [0.4, 0.5) is 8.78 Å². The Labute approximate surface area is 171 Å². The molecule has 2 unspecified atom stereocenters. The topological polar surface area (TPSA) is 109 Å². The molecule has 8 nitrogen and oxygen atoms in total. The van der Waals surface area contributed by atoms with Crippen LogP contribution in [0.1, 0.15) is 33.3 Å². The van der Waals surface area contributed by atoms with Crippen molar-refractivity contribution in [2.75, 3.05) is 5.75 Å². The van der Waals surface area contributed by atoms with E-state index in [9.17, 15) is 32.5 Å². The first-order valence-electron chi connectivity index (χ1n) is 9.07. The number of fused-ring (bicyclic) bond motifs is 2. The Morgan fingerprint density at radius 1 is 1.33 bits per heavy atom. The summed E-state index contributed by atoms with van der Waals surface area (Å²) in [5, 5.41) is 12.1. The van der Waals surface area contributed by atoms with Crippen LogP contribution < -0.4 is 10.7 Å². The Balaban J connectivity index is 1.65. The SMILES string of the molecule is C[C@H]1CS(=O)C2Cn3cc(C(=O)NCc4ccc(F)cc4F)c(=O)c(O)c3C(=O)N21. The van der Waals surface area contributed by atoms with E-state index < -0.39 is 56.4 Å². The number of rotatable bonds is 3. The van der Waals surface area contributed by atoms with Crippen LogP contribution in [0.25, 0.3) is 0 Å². The zero-order chi connectivity index (χ0) is 21.7. The maximum absolute atomic E-state index is 13.7. The number of benzene rings is 1. The van der Waals surface area contributed by atoms with Crippen LogP contribution in [0.3, 0.4) is 0 Å². The molecule has 0 saturated carbocycles. The second-order valence-electron chi connectivity index (χ2n) is 7.20. The first-order valence-corrected chi connectivity index (χ1v) is 10.5. The standard InChI is InChI=1S/C19H17F2N3O5S/c1-9-8-30(29)14-7-23-6-12(16(25)17(26)15(23)19(28)24(9)14)18(27)22-5-10-2-3-11(20)4-13(10)21/h2-4,6,9,14,26H,5,7-8H2,1H3,(H,22,27)/t9-,14?,30?/m0/s1.